The second-order valence-electron chi connectivity index (χ2n) is 3.80. The van der Waals surface area contributed by atoms with E-state index in [0.717, 1.165) is 16.5 Å². The Morgan fingerprint density at radius 3 is 2.53 bits per heavy atom. The number of benzene rings is 1. The molecule has 0 aliphatic carbocycles. The maximum atomic E-state index is 5.64. The highest BCUT2D eigenvalue weighted by Gasteiger charge is 2.12. The van der Waals surface area contributed by atoms with Crippen molar-refractivity contribution in [1.29, 1.82) is 0 Å². The van der Waals surface area contributed by atoms with Gasteiger partial charge >= 0.3 is 0 Å². The second-order valence-corrected chi connectivity index (χ2v) is 4.65. The van der Waals surface area contributed by atoms with Gasteiger partial charge in [0.2, 0.25) is 0 Å². The molecule has 1 heterocycles. The van der Waals surface area contributed by atoms with Crippen LogP contribution in [0.5, 0.6) is 0 Å². The molecule has 17 heavy (non-hydrogen) atoms. The Morgan fingerprint density at radius 2 is 1.88 bits per heavy atom. The molecule has 3 nitrogen and oxygen atoms in total. The summed E-state index contributed by atoms with van der Waals surface area (Å²) in [7, 11) is 0. The number of rotatable bonds is 4. The van der Waals surface area contributed by atoms with Crippen molar-refractivity contribution in [2.75, 3.05) is 0 Å². The number of hydrogen-bond donors (Lipinski definition) is 2. The van der Waals surface area contributed by atoms with Crippen LogP contribution in [0.3, 0.4) is 0 Å². The molecule has 0 aliphatic rings. The van der Waals surface area contributed by atoms with E-state index in [1.54, 1.807) is 12.4 Å². The van der Waals surface area contributed by atoms with E-state index in [4.69, 9.17) is 5.84 Å². The number of nitrogens with one attached hydrogen (secondary N) is 1. The molecule has 1 unspecified atom stereocenters. The quantitative estimate of drug-likeness (QED) is 0.672. The zero-order chi connectivity index (χ0) is 12.1. The van der Waals surface area contributed by atoms with E-state index < -0.39 is 0 Å². The Kier molecular flexibility index (Phi) is 4.25. The van der Waals surface area contributed by atoms with Gasteiger partial charge in [0, 0.05) is 16.9 Å². The maximum absolute atomic E-state index is 5.64. The van der Waals surface area contributed by atoms with Gasteiger partial charge in [-0.15, -0.1) is 0 Å². The first-order chi connectivity index (χ1) is 8.31. The lowest BCUT2D eigenvalue weighted by Crippen LogP contribution is -2.29. The molecule has 0 bridgehead atoms. The molecule has 3 N–H and O–H groups in total. The smallest absolute Gasteiger partial charge is 0.0511 e. The largest absolute Gasteiger partial charge is 0.271 e. The molecule has 0 saturated heterocycles. The van der Waals surface area contributed by atoms with Gasteiger partial charge in [-0.05, 0) is 35.7 Å². The standard InChI is InChI=1S/C13H14BrN3/c14-12-4-2-1-3-11(12)13(17-15)9-10-5-7-16-8-6-10/h1-8,13,17H,9,15H2. The topological polar surface area (TPSA) is 50.9 Å². The van der Waals surface area contributed by atoms with Crippen LogP contribution in [0.15, 0.2) is 53.3 Å². The molecule has 88 valence electrons. The van der Waals surface area contributed by atoms with Crippen LogP contribution in [-0.4, -0.2) is 4.98 Å². The number of halogens is 1. The fourth-order valence-corrected chi connectivity index (χ4v) is 2.33. The van der Waals surface area contributed by atoms with Crippen molar-refractivity contribution >= 4 is 15.9 Å². The Morgan fingerprint density at radius 1 is 1.18 bits per heavy atom. The van der Waals surface area contributed by atoms with Crippen molar-refractivity contribution in [3.05, 3.63) is 64.4 Å². The molecule has 0 aliphatic heterocycles. The third-order valence-corrected chi connectivity index (χ3v) is 3.39. The lowest BCUT2D eigenvalue weighted by atomic mass is 10.0. The average Bonchev–Trinajstić information content (AvgIpc) is 2.38. The van der Waals surface area contributed by atoms with Gasteiger partial charge in [-0.1, -0.05) is 34.1 Å². The molecule has 1 atom stereocenters. The molecule has 1 aromatic heterocycles. The molecule has 0 fully saturated rings. The summed E-state index contributed by atoms with van der Waals surface area (Å²) in [6, 6.07) is 12.2. The Balaban J connectivity index is 2.21. The van der Waals surface area contributed by atoms with E-state index >= 15 is 0 Å². The van der Waals surface area contributed by atoms with Gasteiger partial charge in [-0.25, -0.2) is 0 Å². The van der Waals surface area contributed by atoms with E-state index in [1.165, 1.54) is 5.56 Å². The van der Waals surface area contributed by atoms with E-state index in [1.807, 2.05) is 30.3 Å². The van der Waals surface area contributed by atoms with Gasteiger partial charge < -0.3 is 0 Å². The molecule has 0 spiro atoms. The summed E-state index contributed by atoms with van der Waals surface area (Å²) in [5, 5.41) is 0. The summed E-state index contributed by atoms with van der Waals surface area (Å²) >= 11 is 3.54. The van der Waals surface area contributed by atoms with Crippen LogP contribution in [0.25, 0.3) is 0 Å². The number of nitrogens with two attached hydrogens (primary N) is 1. The summed E-state index contributed by atoms with van der Waals surface area (Å²) < 4.78 is 1.07. The number of pyridine rings is 1. The van der Waals surface area contributed by atoms with Crippen molar-refractivity contribution in [3.63, 3.8) is 0 Å². The minimum absolute atomic E-state index is 0.0907. The summed E-state index contributed by atoms with van der Waals surface area (Å²) in [6.07, 6.45) is 4.42. The fraction of sp³-hybridized carbons (Fsp3) is 0.154. The second kappa shape index (κ2) is 5.91. The molecule has 0 amide bonds. The van der Waals surface area contributed by atoms with Crippen molar-refractivity contribution in [2.45, 2.75) is 12.5 Å². The molecule has 2 rings (SSSR count). The van der Waals surface area contributed by atoms with Crippen LogP contribution in [0, 0.1) is 0 Å². The monoisotopic (exact) mass is 291 g/mol. The number of aromatic nitrogens is 1. The van der Waals surface area contributed by atoms with Gasteiger partial charge in [-0.2, -0.15) is 0 Å². The lowest BCUT2D eigenvalue weighted by Gasteiger charge is -2.17. The number of hydrogen-bond acceptors (Lipinski definition) is 3. The first-order valence-electron chi connectivity index (χ1n) is 5.40. The van der Waals surface area contributed by atoms with E-state index in [-0.39, 0.29) is 6.04 Å². The molecule has 0 radical (unpaired) electrons. The third-order valence-electron chi connectivity index (χ3n) is 2.67. The normalized spacial score (nSPS) is 12.4. The van der Waals surface area contributed by atoms with E-state index in [9.17, 15) is 0 Å². The SMILES string of the molecule is NNC(Cc1ccncc1)c1ccccc1Br. The molecular formula is C13H14BrN3. The van der Waals surface area contributed by atoms with Crippen LogP contribution in [-0.2, 0) is 6.42 Å². The summed E-state index contributed by atoms with van der Waals surface area (Å²) in [6.45, 7) is 0. The highest BCUT2D eigenvalue weighted by Crippen LogP contribution is 2.25. The number of hydrazine groups is 1. The summed E-state index contributed by atoms with van der Waals surface area (Å²) in [5.74, 6) is 5.64. The first kappa shape index (κ1) is 12.2. The van der Waals surface area contributed by atoms with Gasteiger partial charge in [0.1, 0.15) is 0 Å². The van der Waals surface area contributed by atoms with Crippen LogP contribution in [0.4, 0.5) is 0 Å². The van der Waals surface area contributed by atoms with E-state index in [0.29, 0.717) is 0 Å². The van der Waals surface area contributed by atoms with Gasteiger partial charge in [0.25, 0.3) is 0 Å². The minimum atomic E-state index is 0.0907. The predicted molar refractivity (Wildman–Crippen MR) is 72.1 cm³/mol. The number of nitrogens with zero attached hydrogens (tertiary/aromatic N) is 1. The average molecular weight is 292 g/mol. The zero-order valence-corrected chi connectivity index (χ0v) is 10.9. The van der Waals surface area contributed by atoms with E-state index in [2.05, 4.69) is 32.4 Å². The van der Waals surface area contributed by atoms with Gasteiger partial charge in [-0.3, -0.25) is 16.3 Å². The minimum Gasteiger partial charge on any atom is -0.271 e. The summed E-state index contributed by atoms with van der Waals surface area (Å²) in [4.78, 5) is 4.01. The van der Waals surface area contributed by atoms with Crippen LogP contribution in [0.1, 0.15) is 17.2 Å². The summed E-state index contributed by atoms with van der Waals surface area (Å²) in [5.41, 5.74) is 5.22. The Hall–Kier alpha value is -1.23. The van der Waals surface area contributed by atoms with Crippen molar-refractivity contribution in [3.8, 4) is 0 Å². The highest BCUT2D eigenvalue weighted by atomic mass is 79.9. The lowest BCUT2D eigenvalue weighted by molar-refractivity contribution is 0.550. The Bertz CT molecular complexity index is 473. The zero-order valence-electron chi connectivity index (χ0n) is 9.31. The molecular weight excluding hydrogens is 278 g/mol. The fourth-order valence-electron chi connectivity index (χ4n) is 1.77. The van der Waals surface area contributed by atoms with Crippen molar-refractivity contribution in [1.82, 2.24) is 10.4 Å². The predicted octanol–water partition coefficient (Wildman–Crippen LogP) is 2.59. The van der Waals surface area contributed by atoms with Crippen LogP contribution in [0.2, 0.25) is 0 Å². The van der Waals surface area contributed by atoms with Crippen molar-refractivity contribution < 1.29 is 0 Å². The highest BCUT2D eigenvalue weighted by molar-refractivity contribution is 9.10. The van der Waals surface area contributed by atoms with Gasteiger partial charge in [0.15, 0.2) is 0 Å². The third kappa shape index (κ3) is 3.12. The maximum Gasteiger partial charge on any atom is 0.0511 e. The van der Waals surface area contributed by atoms with Crippen LogP contribution < -0.4 is 11.3 Å². The van der Waals surface area contributed by atoms with Crippen molar-refractivity contribution in [2.24, 2.45) is 5.84 Å². The molecule has 4 heteroatoms. The Labute approximate surface area is 109 Å². The molecule has 2 aromatic rings. The van der Waals surface area contributed by atoms with Gasteiger partial charge in [0.05, 0.1) is 6.04 Å². The molecule has 1 aromatic carbocycles. The molecule has 0 saturated carbocycles. The first-order valence-corrected chi connectivity index (χ1v) is 6.20. The van der Waals surface area contributed by atoms with Crippen LogP contribution >= 0.6 is 15.9 Å².